The van der Waals surface area contributed by atoms with E-state index in [0.717, 1.165) is 16.0 Å². The quantitative estimate of drug-likeness (QED) is 0.684. The van der Waals surface area contributed by atoms with E-state index in [1.807, 2.05) is 53.6 Å². The van der Waals surface area contributed by atoms with Crippen LogP contribution in [0.2, 0.25) is 0 Å². The summed E-state index contributed by atoms with van der Waals surface area (Å²) in [6.07, 6.45) is 0.720. The van der Waals surface area contributed by atoms with Gasteiger partial charge in [-0.15, -0.1) is 11.3 Å². The third-order valence-corrected chi connectivity index (χ3v) is 6.61. The van der Waals surface area contributed by atoms with Crippen molar-refractivity contribution >= 4 is 29.3 Å². The Balaban J connectivity index is 1.35. The van der Waals surface area contributed by atoms with Gasteiger partial charge in [0.15, 0.2) is 6.04 Å². The van der Waals surface area contributed by atoms with Crippen LogP contribution in [0.1, 0.15) is 33.6 Å². The SMILES string of the molecule is Cc1ccsc1C(=O)N1CCC(N2C(=O)OCC2C(=O)OCc2ccccc2)CC1. The van der Waals surface area contributed by atoms with Crippen molar-refractivity contribution < 1.29 is 23.9 Å². The number of cyclic esters (lactones) is 1. The molecule has 1 atom stereocenters. The molecule has 1 unspecified atom stereocenters. The van der Waals surface area contributed by atoms with Crippen LogP contribution in [-0.2, 0) is 20.9 Å². The Labute approximate surface area is 179 Å². The summed E-state index contributed by atoms with van der Waals surface area (Å²) in [6, 6.07) is 10.5. The van der Waals surface area contributed by atoms with E-state index in [1.165, 1.54) is 16.2 Å². The van der Waals surface area contributed by atoms with Gasteiger partial charge in [0.25, 0.3) is 5.91 Å². The molecule has 0 bridgehead atoms. The number of nitrogens with zero attached hydrogens (tertiary/aromatic N) is 2. The Kier molecular flexibility index (Phi) is 6.03. The van der Waals surface area contributed by atoms with Crippen LogP contribution >= 0.6 is 11.3 Å². The summed E-state index contributed by atoms with van der Waals surface area (Å²) in [4.78, 5) is 41.8. The smallest absolute Gasteiger partial charge is 0.410 e. The Morgan fingerprint density at radius 3 is 2.57 bits per heavy atom. The first-order valence-electron chi connectivity index (χ1n) is 10.0. The van der Waals surface area contributed by atoms with Gasteiger partial charge in [-0.25, -0.2) is 9.59 Å². The Bertz CT molecular complexity index is 921. The zero-order valence-electron chi connectivity index (χ0n) is 16.8. The fourth-order valence-corrected chi connectivity index (χ4v) is 4.82. The average Bonchev–Trinajstić information content (AvgIpc) is 3.38. The summed E-state index contributed by atoms with van der Waals surface area (Å²) < 4.78 is 10.6. The lowest BCUT2D eigenvalue weighted by Gasteiger charge is -2.37. The summed E-state index contributed by atoms with van der Waals surface area (Å²) in [6.45, 7) is 3.17. The second-order valence-corrected chi connectivity index (χ2v) is 8.47. The molecule has 7 nitrogen and oxygen atoms in total. The number of rotatable bonds is 5. The molecular weight excluding hydrogens is 404 g/mol. The molecule has 8 heteroatoms. The number of carbonyl (C=O) groups excluding carboxylic acids is 3. The van der Waals surface area contributed by atoms with Crippen molar-refractivity contribution in [3.05, 3.63) is 57.8 Å². The summed E-state index contributed by atoms with van der Waals surface area (Å²) in [5, 5.41) is 1.92. The molecule has 4 rings (SSSR count). The van der Waals surface area contributed by atoms with Crippen LogP contribution < -0.4 is 0 Å². The Morgan fingerprint density at radius 2 is 1.90 bits per heavy atom. The van der Waals surface area contributed by atoms with Crippen molar-refractivity contribution in [2.75, 3.05) is 19.7 Å². The molecule has 2 aromatic rings. The van der Waals surface area contributed by atoms with Crippen LogP contribution in [0.25, 0.3) is 0 Å². The summed E-state index contributed by atoms with van der Waals surface area (Å²) in [5.74, 6) is -0.429. The fourth-order valence-electron chi connectivity index (χ4n) is 3.92. The number of likely N-dealkylation sites (tertiary alicyclic amines) is 1. The fraction of sp³-hybridized carbons (Fsp3) is 0.409. The summed E-state index contributed by atoms with van der Waals surface area (Å²) >= 11 is 1.45. The topological polar surface area (TPSA) is 76.2 Å². The van der Waals surface area contributed by atoms with Crippen molar-refractivity contribution in [3.63, 3.8) is 0 Å². The molecule has 1 aromatic heterocycles. The van der Waals surface area contributed by atoms with Gasteiger partial charge < -0.3 is 14.4 Å². The predicted octanol–water partition coefficient (Wildman–Crippen LogP) is 3.23. The number of piperidine rings is 1. The largest absolute Gasteiger partial charge is 0.459 e. The van der Waals surface area contributed by atoms with Crippen molar-refractivity contribution in [2.24, 2.45) is 0 Å². The maximum Gasteiger partial charge on any atom is 0.410 e. The van der Waals surface area contributed by atoms with Crippen LogP contribution in [0, 0.1) is 6.92 Å². The maximum absolute atomic E-state index is 12.7. The van der Waals surface area contributed by atoms with E-state index in [9.17, 15) is 14.4 Å². The highest BCUT2D eigenvalue weighted by molar-refractivity contribution is 7.12. The predicted molar refractivity (Wildman–Crippen MR) is 111 cm³/mol. The number of carbonyl (C=O) groups is 3. The third-order valence-electron chi connectivity index (χ3n) is 5.61. The summed E-state index contributed by atoms with van der Waals surface area (Å²) in [7, 11) is 0. The monoisotopic (exact) mass is 428 g/mol. The highest BCUT2D eigenvalue weighted by atomic mass is 32.1. The zero-order valence-corrected chi connectivity index (χ0v) is 17.6. The first-order chi connectivity index (χ1) is 14.5. The second-order valence-electron chi connectivity index (χ2n) is 7.55. The molecule has 0 N–H and O–H groups in total. The first-order valence-corrected chi connectivity index (χ1v) is 10.9. The van der Waals surface area contributed by atoms with Gasteiger partial charge in [0.2, 0.25) is 0 Å². The minimum atomic E-state index is -0.743. The summed E-state index contributed by atoms with van der Waals surface area (Å²) in [5.41, 5.74) is 1.87. The van der Waals surface area contributed by atoms with Crippen LogP contribution in [0.5, 0.6) is 0 Å². The van der Waals surface area contributed by atoms with E-state index in [-0.39, 0.29) is 25.2 Å². The number of esters is 1. The molecule has 0 spiro atoms. The average molecular weight is 429 g/mol. The zero-order chi connectivity index (χ0) is 21.1. The van der Waals surface area contributed by atoms with E-state index in [0.29, 0.717) is 25.9 Å². The lowest BCUT2D eigenvalue weighted by Crippen LogP contribution is -2.52. The number of aryl methyl sites for hydroxylation is 1. The molecule has 0 radical (unpaired) electrons. The van der Waals surface area contributed by atoms with E-state index in [4.69, 9.17) is 9.47 Å². The van der Waals surface area contributed by atoms with E-state index in [2.05, 4.69) is 0 Å². The minimum absolute atomic E-state index is 0.00000868. The number of amides is 2. The van der Waals surface area contributed by atoms with Gasteiger partial charge >= 0.3 is 12.1 Å². The number of hydrogen-bond acceptors (Lipinski definition) is 6. The molecule has 3 heterocycles. The van der Waals surface area contributed by atoms with Gasteiger partial charge in [0, 0.05) is 19.1 Å². The lowest BCUT2D eigenvalue weighted by molar-refractivity contribution is -0.150. The number of ether oxygens (including phenoxy) is 2. The van der Waals surface area contributed by atoms with Gasteiger partial charge in [0.05, 0.1) is 4.88 Å². The van der Waals surface area contributed by atoms with Crippen molar-refractivity contribution in [3.8, 4) is 0 Å². The van der Waals surface area contributed by atoms with Gasteiger partial charge in [-0.2, -0.15) is 0 Å². The second kappa shape index (κ2) is 8.87. The Hall–Kier alpha value is -2.87. The molecule has 2 aliphatic rings. The lowest BCUT2D eigenvalue weighted by atomic mass is 10.0. The molecule has 0 aliphatic carbocycles. The third kappa shape index (κ3) is 4.18. The molecule has 2 aliphatic heterocycles. The van der Waals surface area contributed by atoms with E-state index < -0.39 is 18.1 Å². The number of thiophene rings is 1. The molecule has 158 valence electrons. The van der Waals surface area contributed by atoms with Gasteiger partial charge in [0.1, 0.15) is 13.2 Å². The van der Waals surface area contributed by atoms with Crippen LogP contribution in [0.15, 0.2) is 41.8 Å². The first kappa shape index (κ1) is 20.4. The molecule has 0 saturated carbocycles. The number of benzene rings is 1. The maximum atomic E-state index is 12.7. The van der Waals surface area contributed by atoms with Crippen LogP contribution in [0.4, 0.5) is 4.79 Å². The van der Waals surface area contributed by atoms with E-state index >= 15 is 0 Å². The highest BCUT2D eigenvalue weighted by Crippen LogP contribution is 2.27. The standard InChI is InChI=1S/C22H24N2O5S/c1-15-9-12-30-19(15)20(25)23-10-7-17(8-11-23)24-18(14-29-22(24)27)21(26)28-13-16-5-3-2-4-6-16/h2-6,9,12,17-18H,7-8,10-11,13-14H2,1H3. The molecular formula is C22H24N2O5S. The number of hydrogen-bond donors (Lipinski definition) is 0. The van der Waals surface area contributed by atoms with Gasteiger partial charge in [-0.05, 0) is 42.3 Å². The Morgan fingerprint density at radius 1 is 1.17 bits per heavy atom. The van der Waals surface area contributed by atoms with Crippen molar-refractivity contribution in [1.29, 1.82) is 0 Å². The van der Waals surface area contributed by atoms with Gasteiger partial charge in [-0.3, -0.25) is 9.69 Å². The molecule has 2 saturated heterocycles. The van der Waals surface area contributed by atoms with E-state index in [1.54, 1.807) is 0 Å². The normalized spacial score (nSPS) is 19.6. The molecule has 30 heavy (non-hydrogen) atoms. The molecule has 1 aromatic carbocycles. The minimum Gasteiger partial charge on any atom is -0.459 e. The van der Waals surface area contributed by atoms with Gasteiger partial charge in [-0.1, -0.05) is 30.3 Å². The molecule has 2 fully saturated rings. The van der Waals surface area contributed by atoms with Crippen molar-refractivity contribution in [2.45, 2.75) is 38.5 Å². The van der Waals surface area contributed by atoms with Crippen LogP contribution in [0.3, 0.4) is 0 Å². The van der Waals surface area contributed by atoms with Crippen LogP contribution in [-0.4, -0.2) is 59.5 Å². The molecule has 2 amide bonds. The van der Waals surface area contributed by atoms with Crippen molar-refractivity contribution in [1.82, 2.24) is 9.80 Å². The highest BCUT2D eigenvalue weighted by Gasteiger charge is 2.44.